The number of carbonyl (C=O) groups is 1. The fourth-order valence-electron chi connectivity index (χ4n) is 1.27. The van der Waals surface area contributed by atoms with Crippen molar-refractivity contribution in [3.05, 3.63) is 47.2 Å². The molecule has 17 heavy (non-hydrogen) atoms. The van der Waals surface area contributed by atoms with Gasteiger partial charge in [0, 0.05) is 17.6 Å². The molecule has 0 aliphatic heterocycles. The van der Waals surface area contributed by atoms with Crippen LogP contribution in [-0.4, -0.2) is 11.2 Å². The third kappa shape index (κ3) is 3.49. The third-order valence-electron chi connectivity index (χ3n) is 2.02. The molecule has 0 bridgehead atoms. The molecule has 2 aromatic rings. The second kappa shape index (κ2) is 5.36. The van der Waals surface area contributed by atoms with Crippen molar-refractivity contribution in [3.63, 3.8) is 0 Å². The number of urea groups is 1. The first-order valence-corrected chi connectivity index (χ1v) is 5.31. The lowest BCUT2D eigenvalue weighted by atomic mass is 10.2. The lowest BCUT2D eigenvalue weighted by Crippen LogP contribution is -2.28. The van der Waals surface area contributed by atoms with Gasteiger partial charge in [-0.3, -0.25) is 5.32 Å². The van der Waals surface area contributed by atoms with Crippen LogP contribution in [0.25, 0.3) is 0 Å². The zero-order chi connectivity index (χ0) is 12.1. The van der Waals surface area contributed by atoms with Crippen LogP contribution in [-0.2, 0) is 6.54 Å². The number of nitrogens with zero attached hydrogens (tertiary/aromatic N) is 1. The lowest BCUT2D eigenvalue weighted by Gasteiger charge is -2.05. The number of benzene rings is 1. The first-order chi connectivity index (χ1) is 8.24. The van der Waals surface area contributed by atoms with Crippen molar-refractivity contribution in [3.8, 4) is 0 Å². The Hall–Kier alpha value is -2.01. The average molecular weight is 252 g/mol. The maximum absolute atomic E-state index is 11.4. The van der Waals surface area contributed by atoms with Crippen LogP contribution in [0.3, 0.4) is 0 Å². The van der Waals surface area contributed by atoms with Crippen molar-refractivity contribution >= 4 is 23.4 Å². The summed E-state index contributed by atoms with van der Waals surface area (Å²) in [6.07, 6.45) is 1.38. The molecule has 0 atom stereocenters. The van der Waals surface area contributed by atoms with Crippen molar-refractivity contribution in [2.24, 2.45) is 0 Å². The van der Waals surface area contributed by atoms with Gasteiger partial charge in [-0.15, -0.1) is 0 Å². The molecule has 0 radical (unpaired) electrons. The Morgan fingerprint density at radius 1 is 1.41 bits per heavy atom. The molecule has 0 saturated carbocycles. The highest BCUT2D eigenvalue weighted by Crippen LogP contribution is 2.10. The maximum Gasteiger partial charge on any atom is 0.320 e. The predicted octanol–water partition coefficient (Wildman–Crippen LogP) is 2.65. The number of amides is 2. The first-order valence-electron chi connectivity index (χ1n) is 4.94. The van der Waals surface area contributed by atoms with Gasteiger partial charge in [-0.1, -0.05) is 28.9 Å². The van der Waals surface area contributed by atoms with Crippen LogP contribution in [0.2, 0.25) is 5.02 Å². The number of rotatable bonds is 3. The Balaban J connectivity index is 1.84. The Morgan fingerprint density at radius 2 is 2.29 bits per heavy atom. The second-order valence-electron chi connectivity index (χ2n) is 3.32. The monoisotopic (exact) mass is 251 g/mol. The van der Waals surface area contributed by atoms with Crippen molar-refractivity contribution in [1.82, 2.24) is 10.5 Å². The van der Waals surface area contributed by atoms with E-state index < -0.39 is 0 Å². The number of hydrogen-bond acceptors (Lipinski definition) is 3. The van der Waals surface area contributed by atoms with E-state index in [4.69, 9.17) is 11.6 Å². The molecule has 2 N–H and O–H groups in total. The van der Waals surface area contributed by atoms with Gasteiger partial charge in [0.15, 0.2) is 5.82 Å². The summed E-state index contributed by atoms with van der Waals surface area (Å²) < 4.78 is 4.58. The van der Waals surface area contributed by atoms with Gasteiger partial charge in [-0.25, -0.2) is 4.79 Å². The minimum atomic E-state index is -0.348. The highest BCUT2D eigenvalue weighted by atomic mass is 35.5. The fraction of sp³-hybridized carbons (Fsp3) is 0.0909. The van der Waals surface area contributed by atoms with Crippen LogP contribution in [0, 0.1) is 0 Å². The number of aromatic nitrogens is 1. The predicted molar refractivity (Wildman–Crippen MR) is 63.8 cm³/mol. The third-order valence-corrected chi connectivity index (χ3v) is 2.26. The summed E-state index contributed by atoms with van der Waals surface area (Å²) in [5.41, 5.74) is 0.924. The summed E-state index contributed by atoms with van der Waals surface area (Å²) in [4.78, 5) is 11.4. The summed E-state index contributed by atoms with van der Waals surface area (Å²) in [7, 11) is 0. The number of halogens is 1. The minimum absolute atomic E-state index is 0.348. The molecule has 5 nitrogen and oxygen atoms in total. The number of hydrogen-bond donors (Lipinski definition) is 2. The average Bonchev–Trinajstić information content (AvgIpc) is 2.79. The van der Waals surface area contributed by atoms with Gasteiger partial charge in [0.05, 0.1) is 0 Å². The molecule has 2 amide bonds. The summed E-state index contributed by atoms with van der Waals surface area (Å²) in [6, 6.07) is 8.48. The molecule has 0 fully saturated rings. The standard InChI is InChI=1S/C11H10ClN3O2/c12-9-3-1-2-8(6-9)7-13-11(16)14-10-4-5-17-15-10/h1-6H,7H2,(H2,13,14,15,16). The maximum atomic E-state index is 11.4. The molecule has 1 aromatic carbocycles. The molecule has 0 unspecified atom stereocenters. The van der Waals surface area contributed by atoms with E-state index in [1.165, 1.54) is 6.26 Å². The first kappa shape index (κ1) is 11.5. The molecule has 0 spiro atoms. The molecule has 0 saturated heterocycles. The summed E-state index contributed by atoms with van der Waals surface area (Å²) in [5.74, 6) is 0.369. The zero-order valence-corrected chi connectivity index (χ0v) is 9.57. The van der Waals surface area contributed by atoms with Gasteiger partial charge in [0.1, 0.15) is 6.26 Å². The summed E-state index contributed by atoms with van der Waals surface area (Å²) >= 11 is 5.82. The van der Waals surface area contributed by atoms with Gasteiger partial charge in [0.25, 0.3) is 0 Å². The van der Waals surface area contributed by atoms with Crippen molar-refractivity contribution < 1.29 is 9.32 Å². The second-order valence-corrected chi connectivity index (χ2v) is 3.76. The van der Waals surface area contributed by atoms with E-state index in [1.54, 1.807) is 18.2 Å². The van der Waals surface area contributed by atoms with E-state index >= 15 is 0 Å². The largest absolute Gasteiger partial charge is 0.363 e. The SMILES string of the molecule is O=C(NCc1cccc(Cl)c1)Nc1ccon1. The van der Waals surface area contributed by atoms with Crippen molar-refractivity contribution in [2.45, 2.75) is 6.54 Å². The van der Waals surface area contributed by atoms with E-state index in [1.807, 2.05) is 12.1 Å². The van der Waals surface area contributed by atoms with E-state index in [-0.39, 0.29) is 6.03 Å². The molecule has 88 valence electrons. The molecule has 6 heteroatoms. The van der Waals surface area contributed by atoms with Gasteiger partial charge in [0.2, 0.25) is 0 Å². The summed E-state index contributed by atoms with van der Waals surface area (Å²) in [6.45, 7) is 0.393. The van der Waals surface area contributed by atoms with E-state index in [0.717, 1.165) is 5.56 Å². The Labute approximate surface area is 103 Å². The zero-order valence-electron chi connectivity index (χ0n) is 8.81. The number of anilines is 1. The van der Waals surface area contributed by atoms with Crippen molar-refractivity contribution in [1.29, 1.82) is 0 Å². The van der Waals surface area contributed by atoms with Crippen molar-refractivity contribution in [2.75, 3.05) is 5.32 Å². The van der Waals surface area contributed by atoms with Crippen LogP contribution in [0.5, 0.6) is 0 Å². The molecular weight excluding hydrogens is 242 g/mol. The van der Waals surface area contributed by atoms with Crippen LogP contribution in [0.4, 0.5) is 10.6 Å². The van der Waals surface area contributed by atoms with E-state index in [2.05, 4.69) is 20.3 Å². The molecule has 2 rings (SSSR count). The van der Waals surface area contributed by atoms with Gasteiger partial charge in [-0.2, -0.15) is 0 Å². The Bertz CT molecular complexity index is 499. The molecule has 0 aliphatic carbocycles. The van der Waals surface area contributed by atoms with E-state index in [9.17, 15) is 4.79 Å². The van der Waals surface area contributed by atoms with Crippen LogP contribution >= 0.6 is 11.6 Å². The highest BCUT2D eigenvalue weighted by molar-refractivity contribution is 6.30. The molecule has 1 aromatic heterocycles. The van der Waals surface area contributed by atoms with E-state index in [0.29, 0.717) is 17.4 Å². The smallest absolute Gasteiger partial charge is 0.320 e. The highest BCUT2D eigenvalue weighted by Gasteiger charge is 2.03. The Kier molecular flexibility index (Phi) is 3.62. The number of carbonyl (C=O) groups excluding carboxylic acids is 1. The van der Waals surface area contributed by atoms with Crippen LogP contribution in [0.15, 0.2) is 41.1 Å². The normalized spacial score (nSPS) is 9.94. The quantitative estimate of drug-likeness (QED) is 0.881. The molecule has 0 aliphatic rings. The number of nitrogens with one attached hydrogen (secondary N) is 2. The topological polar surface area (TPSA) is 67.2 Å². The van der Waals surface area contributed by atoms with Crippen LogP contribution < -0.4 is 10.6 Å². The molecule has 1 heterocycles. The van der Waals surface area contributed by atoms with Gasteiger partial charge in [-0.05, 0) is 17.7 Å². The fourth-order valence-corrected chi connectivity index (χ4v) is 1.48. The Morgan fingerprint density at radius 3 is 3.00 bits per heavy atom. The van der Waals surface area contributed by atoms with Gasteiger partial charge < -0.3 is 9.84 Å². The lowest BCUT2D eigenvalue weighted by molar-refractivity contribution is 0.251. The summed E-state index contributed by atoms with van der Waals surface area (Å²) in [5, 5.41) is 9.39. The van der Waals surface area contributed by atoms with Gasteiger partial charge >= 0.3 is 6.03 Å². The van der Waals surface area contributed by atoms with Crippen LogP contribution in [0.1, 0.15) is 5.56 Å². The molecular formula is C11H10ClN3O2. The minimum Gasteiger partial charge on any atom is -0.363 e.